The summed E-state index contributed by atoms with van der Waals surface area (Å²) in [4.78, 5) is 3.23. The highest BCUT2D eigenvalue weighted by Crippen LogP contribution is 2.20. The number of benzene rings is 1. The van der Waals surface area contributed by atoms with Crippen molar-refractivity contribution in [3.8, 4) is 0 Å². The second-order valence-corrected chi connectivity index (χ2v) is 5.87. The second-order valence-electron chi connectivity index (χ2n) is 4.56. The molecule has 3 nitrogen and oxygen atoms in total. The lowest BCUT2D eigenvalue weighted by Gasteiger charge is -2.06. The zero-order valence-electron chi connectivity index (χ0n) is 11.1. The third-order valence-electron chi connectivity index (χ3n) is 3.05. The number of halogens is 1. The molecule has 0 unspecified atom stereocenters. The summed E-state index contributed by atoms with van der Waals surface area (Å²) in [5, 5.41) is 0. The molecule has 0 saturated heterocycles. The third kappa shape index (κ3) is 3.91. The number of aromatic amines is 1. The average molecular weight is 343 g/mol. The molecule has 0 spiro atoms. The zero-order chi connectivity index (χ0) is 13.7. The highest BCUT2D eigenvalue weighted by atomic mass is 79.9. The maximum atomic E-state index is 5.58. The fourth-order valence-electron chi connectivity index (χ4n) is 2.02. The molecule has 0 radical (unpaired) electrons. The molecule has 19 heavy (non-hydrogen) atoms. The minimum absolute atomic E-state index is 0.779. The number of rotatable bonds is 7. The highest BCUT2D eigenvalue weighted by Gasteiger charge is 2.04. The Balaban J connectivity index is 1.98. The molecule has 1 aromatic heterocycles. The van der Waals surface area contributed by atoms with Crippen molar-refractivity contribution in [2.45, 2.75) is 32.7 Å². The van der Waals surface area contributed by atoms with E-state index in [0.29, 0.717) is 0 Å². The Morgan fingerprint density at radius 2 is 2.11 bits per heavy atom. The molecule has 104 valence electrons. The lowest BCUT2D eigenvalue weighted by atomic mass is 10.3. The molecule has 0 bridgehead atoms. The summed E-state index contributed by atoms with van der Waals surface area (Å²) in [7, 11) is 0. The predicted octanol–water partition coefficient (Wildman–Crippen LogP) is 4.67. The summed E-state index contributed by atoms with van der Waals surface area (Å²) in [6.07, 6.45) is 3.30. The van der Waals surface area contributed by atoms with Crippen LogP contribution in [-0.2, 0) is 11.3 Å². The zero-order valence-corrected chi connectivity index (χ0v) is 13.5. The molecule has 2 aromatic rings. The highest BCUT2D eigenvalue weighted by molar-refractivity contribution is 9.10. The molecule has 0 aliphatic heterocycles. The van der Waals surface area contributed by atoms with Gasteiger partial charge in [-0.05, 0) is 43.3 Å². The van der Waals surface area contributed by atoms with Crippen LogP contribution in [0.5, 0.6) is 0 Å². The number of hydrogen-bond acceptors (Lipinski definition) is 2. The van der Waals surface area contributed by atoms with Crippen LogP contribution in [0.25, 0.3) is 11.0 Å². The minimum Gasteiger partial charge on any atom is -0.381 e. The average Bonchev–Trinajstić information content (AvgIpc) is 2.69. The lowest BCUT2D eigenvalue weighted by Crippen LogP contribution is -2.03. The number of nitrogens with zero attached hydrogens (tertiary/aromatic N) is 1. The van der Waals surface area contributed by atoms with Gasteiger partial charge in [-0.3, -0.25) is 0 Å². The quantitative estimate of drug-likeness (QED) is 0.585. The van der Waals surface area contributed by atoms with E-state index in [4.69, 9.17) is 17.0 Å². The molecule has 5 heteroatoms. The molecule has 1 N–H and O–H groups in total. The number of unbranched alkanes of at least 4 members (excludes halogenated alkanes) is 1. The number of fused-ring (bicyclic) bond motifs is 1. The maximum absolute atomic E-state index is 5.58. The Bertz CT molecular complexity index is 591. The molecular formula is C14H19BrN2OS. The number of aryl methyl sites for hydroxylation is 1. The molecule has 0 saturated carbocycles. The molecule has 0 aliphatic rings. The van der Waals surface area contributed by atoms with Gasteiger partial charge in [0, 0.05) is 24.2 Å². The van der Waals surface area contributed by atoms with Crippen molar-refractivity contribution in [1.29, 1.82) is 0 Å². The number of ether oxygens (including phenoxy) is 1. The Morgan fingerprint density at radius 1 is 1.32 bits per heavy atom. The van der Waals surface area contributed by atoms with E-state index in [0.717, 1.165) is 52.9 Å². The van der Waals surface area contributed by atoms with E-state index in [2.05, 4.69) is 38.5 Å². The number of imidazole rings is 1. The second kappa shape index (κ2) is 7.22. The third-order valence-corrected chi connectivity index (χ3v) is 3.87. The SMILES string of the molecule is CCCCOCCCn1c(=S)[nH]c2ccc(Br)cc21. The first kappa shape index (κ1) is 14.8. The van der Waals surface area contributed by atoms with E-state index in [1.54, 1.807) is 0 Å². The van der Waals surface area contributed by atoms with Crippen LogP contribution >= 0.6 is 28.1 Å². The van der Waals surface area contributed by atoms with Crippen LogP contribution in [0, 0.1) is 4.77 Å². The monoisotopic (exact) mass is 342 g/mol. The van der Waals surface area contributed by atoms with Crippen molar-refractivity contribution in [1.82, 2.24) is 9.55 Å². The Morgan fingerprint density at radius 3 is 2.89 bits per heavy atom. The van der Waals surface area contributed by atoms with Crippen LogP contribution in [-0.4, -0.2) is 22.8 Å². The molecule has 0 atom stereocenters. The lowest BCUT2D eigenvalue weighted by molar-refractivity contribution is 0.126. The Kier molecular flexibility index (Phi) is 5.60. The molecule has 0 amide bonds. The van der Waals surface area contributed by atoms with Gasteiger partial charge in [0.15, 0.2) is 4.77 Å². The first-order valence-electron chi connectivity index (χ1n) is 6.68. The van der Waals surface area contributed by atoms with E-state index >= 15 is 0 Å². The van der Waals surface area contributed by atoms with Gasteiger partial charge in [-0.25, -0.2) is 0 Å². The van der Waals surface area contributed by atoms with E-state index < -0.39 is 0 Å². The summed E-state index contributed by atoms with van der Waals surface area (Å²) < 4.78 is 9.57. The fourth-order valence-corrected chi connectivity index (χ4v) is 2.67. The van der Waals surface area contributed by atoms with Gasteiger partial charge in [0.25, 0.3) is 0 Å². The van der Waals surface area contributed by atoms with E-state index in [9.17, 15) is 0 Å². The van der Waals surface area contributed by atoms with Crippen molar-refractivity contribution in [2.75, 3.05) is 13.2 Å². The maximum Gasteiger partial charge on any atom is 0.178 e. The largest absolute Gasteiger partial charge is 0.381 e. The number of H-pyrrole nitrogens is 1. The van der Waals surface area contributed by atoms with Gasteiger partial charge >= 0.3 is 0 Å². The first-order valence-corrected chi connectivity index (χ1v) is 7.88. The van der Waals surface area contributed by atoms with E-state index in [1.165, 1.54) is 6.42 Å². The van der Waals surface area contributed by atoms with Gasteiger partial charge in [0.05, 0.1) is 11.0 Å². The smallest absolute Gasteiger partial charge is 0.178 e. The molecule has 2 rings (SSSR count). The molecule has 1 heterocycles. The van der Waals surface area contributed by atoms with Crippen LogP contribution in [0.3, 0.4) is 0 Å². The van der Waals surface area contributed by atoms with Gasteiger partial charge in [0.1, 0.15) is 0 Å². The van der Waals surface area contributed by atoms with Crippen LogP contribution in [0.1, 0.15) is 26.2 Å². The summed E-state index contributed by atoms with van der Waals surface area (Å²) in [5.74, 6) is 0. The molecule has 0 aliphatic carbocycles. The summed E-state index contributed by atoms with van der Waals surface area (Å²) in [6.45, 7) is 4.72. The normalized spacial score (nSPS) is 11.3. The standard InChI is InChI=1S/C14H19BrN2OS/c1-2-3-8-18-9-4-7-17-13-10-11(15)5-6-12(13)16-14(17)19/h5-6,10H,2-4,7-9H2,1H3,(H,16,19). The summed E-state index contributed by atoms with van der Waals surface area (Å²) in [6, 6.07) is 6.16. The van der Waals surface area contributed by atoms with Gasteiger partial charge in [-0.2, -0.15) is 0 Å². The van der Waals surface area contributed by atoms with Gasteiger partial charge < -0.3 is 14.3 Å². The number of aromatic nitrogens is 2. The fraction of sp³-hybridized carbons (Fsp3) is 0.500. The van der Waals surface area contributed by atoms with Crippen molar-refractivity contribution >= 4 is 39.2 Å². The van der Waals surface area contributed by atoms with E-state index in [-0.39, 0.29) is 0 Å². The van der Waals surface area contributed by atoms with Crippen molar-refractivity contribution in [3.63, 3.8) is 0 Å². The van der Waals surface area contributed by atoms with Gasteiger partial charge in [-0.1, -0.05) is 29.3 Å². The summed E-state index contributed by atoms with van der Waals surface area (Å²) >= 11 is 8.87. The number of nitrogens with one attached hydrogen (secondary N) is 1. The first-order chi connectivity index (χ1) is 9.22. The van der Waals surface area contributed by atoms with Crippen molar-refractivity contribution in [3.05, 3.63) is 27.4 Å². The molecule has 0 fully saturated rings. The molecule has 1 aromatic carbocycles. The number of hydrogen-bond donors (Lipinski definition) is 1. The van der Waals surface area contributed by atoms with Crippen LogP contribution < -0.4 is 0 Å². The van der Waals surface area contributed by atoms with Gasteiger partial charge in [-0.15, -0.1) is 0 Å². The van der Waals surface area contributed by atoms with Crippen molar-refractivity contribution < 1.29 is 4.74 Å². The Labute approximate surface area is 127 Å². The van der Waals surface area contributed by atoms with E-state index in [1.807, 2.05) is 12.1 Å². The van der Waals surface area contributed by atoms with Crippen LogP contribution in [0.4, 0.5) is 0 Å². The topological polar surface area (TPSA) is 29.9 Å². The predicted molar refractivity (Wildman–Crippen MR) is 85.2 cm³/mol. The summed E-state index contributed by atoms with van der Waals surface area (Å²) in [5.41, 5.74) is 2.23. The van der Waals surface area contributed by atoms with Crippen molar-refractivity contribution in [2.24, 2.45) is 0 Å². The van der Waals surface area contributed by atoms with Crippen LogP contribution in [0.15, 0.2) is 22.7 Å². The minimum atomic E-state index is 0.779. The molecular weight excluding hydrogens is 324 g/mol. The van der Waals surface area contributed by atoms with Crippen LogP contribution in [0.2, 0.25) is 0 Å². The van der Waals surface area contributed by atoms with Gasteiger partial charge in [0.2, 0.25) is 0 Å². The Hall–Kier alpha value is -0.650.